The number of carbonyl (C=O) groups excluding carboxylic acids is 1. The quantitative estimate of drug-likeness (QED) is 0.702. The molecule has 0 rings (SSSR count). The van der Waals surface area contributed by atoms with E-state index in [0.29, 0.717) is 0 Å². The summed E-state index contributed by atoms with van der Waals surface area (Å²) in [6.07, 6.45) is -0.0237. The third kappa shape index (κ3) is 8.23. The molecule has 0 aromatic carbocycles. The number of carboxylic acid groups (broad SMARTS) is 1. The molecule has 0 bridgehead atoms. The van der Waals surface area contributed by atoms with Crippen molar-refractivity contribution in [3.8, 4) is 0 Å². The van der Waals surface area contributed by atoms with Gasteiger partial charge in [-0.25, -0.2) is 0 Å². The Morgan fingerprint density at radius 2 is 1.81 bits per heavy atom. The van der Waals surface area contributed by atoms with E-state index in [-0.39, 0.29) is 31.0 Å². The fourth-order valence-corrected chi connectivity index (χ4v) is 1.12. The molecule has 1 atom stereocenters. The minimum absolute atomic E-state index is 0.0683. The van der Waals surface area contributed by atoms with Crippen LogP contribution in [0.5, 0.6) is 0 Å². The van der Waals surface area contributed by atoms with Crippen molar-refractivity contribution in [3.63, 3.8) is 0 Å². The van der Waals surface area contributed by atoms with E-state index in [2.05, 4.69) is 4.74 Å². The SMILES string of the molecule is COC(=O)CC(COC(C)(C)C)CC(=O)O. The summed E-state index contributed by atoms with van der Waals surface area (Å²) in [7, 11) is 1.28. The van der Waals surface area contributed by atoms with Crippen LogP contribution in [0.3, 0.4) is 0 Å². The first kappa shape index (κ1) is 14.9. The Morgan fingerprint density at radius 1 is 1.25 bits per heavy atom. The molecular formula is C11H20O5. The highest BCUT2D eigenvalue weighted by Gasteiger charge is 2.21. The first-order valence-electron chi connectivity index (χ1n) is 5.17. The maximum Gasteiger partial charge on any atom is 0.305 e. The topological polar surface area (TPSA) is 72.8 Å². The summed E-state index contributed by atoms with van der Waals surface area (Å²) >= 11 is 0. The molecule has 0 aromatic rings. The molecule has 0 fully saturated rings. The van der Waals surface area contributed by atoms with Crippen LogP contribution in [-0.4, -0.2) is 36.4 Å². The molecule has 0 saturated heterocycles. The molecular weight excluding hydrogens is 212 g/mol. The van der Waals surface area contributed by atoms with E-state index in [0.717, 1.165) is 0 Å². The Labute approximate surface area is 95.7 Å². The van der Waals surface area contributed by atoms with Gasteiger partial charge in [0.05, 0.1) is 32.2 Å². The molecule has 0 saturated carbocycles. The van der Waals surface area contributed by atoms with Crippen LogP contribution in [0.1, 0.15) is 33.6 Å². The van der Waals surface area contributed by atoms with E-state index in [1.165, 1.54) is 7.11 Å². The number of esters is 1. The second kappa shape index (κ2) is 6.48. The second-order valence-corrected chi connectivity index (χ2v) is 4.67. The van der Waals surface area contributed by atoms with Gasteiger partial charge in [0.2, 0.25) is 0 Å². The summed E-state index contributed by atoms with van der Waals surface area (Å²) in [5, 5.41) is 8.69. The van der Waals surface area contributed by atoms with Crippen LogP contribution in [0.15, 0.2) is 0 Å². The molecule has 0 aliphatic rings. The van der Waals surface area contributed by atoms with Gasteiger partial charge in [0.15, 0.2) is 0 Å². The molecule has 0 aliphatic heterocycles. The molecule has 0 radical (unpaired) electrons. The Balaban J connectivity index is 4.20. The smallest absolute Gasteiger partial charge is 0.305 e. The van der Waals surface area contributed by atoms with Gasteiger partial charge >= 0.3 is 11.9 Å². The minimum atomic E-state index is -0.939. The summed E-state index contributed by atoms with van der Waals surface area (Å²) in [5.41, 5.74) is -0.340. The number of hydrogen-bond donors (Lipinski definition) is 1. The van der Waals surface area contributed by atoms with Crippen LogP contribution < -0.4 is 0 Å². The van der Waals surface area contributed by atoms with E-state index >= 15 is 0 Å². The molecule has 0 aliphatic carbocycles. The lowest BCUT2D eigenvalue weighted by molar-refractivity contribution is -0.145. The van der Waals surface area contributed by atoms with Crippen molar-refractivity contribution >= 4 is 11.9 Å². The van der Waals surface area contributed by atoms with Crippen molar-refractivity contribution in [2.75, 3.05) is 13.7 Å². The molecule has 1 unspecified atom stereocenters. The number of hydrogen-bond acceptors (Lipinski definition) is 4. The number of methoxy groups -OCH3 is 1. The molecule has 16 heavy (non-hydrogen) atoms. The Kier molecular flexibility index (Phi) is 6.03. The van der Waals surface area contributed by atoms with Crippen LogP contribution in [-0.2, 0) is 19.1 Å². The highest BCUT2D eigenvalue weighted by Crippen LogP contribution is 2.15. The number of ether oxygens (including phenoxy) is 2. The Morgan fingerprint density at radius 3 is 2.19 bits per heavy atom. The highest BCUT2D eigenvalue weighted by atomic mass is 16.5. The van der Waals surface area contributed by atoms with Crippen LogP contribution in [0, 0.1) is 5.92 Å². The number of carbonyl (C=O) groups is 2. The van der Waals surface area contributed by atoms with Crippen molar-refractivity contribution in [1.82, 2.24) is 0 Å². The Bertz CT molecular complexity index is 241. The maximum absolute atomic E-state index is 11.1. The van der Waals surface area contributed by atoms with E-state index < -0.39 is 11.9 Å². The van der Waals surface area contributed by atoms with E-state index in [9.17, 15) is 9.59 Å². The van der Waals surface area contributed by atoms with Crippen molar-refractivity contribution < 1.29 is 24.2 Å². The van der Waals surface area contributed by atoms with Gasteiger partial charge in [0, 0.05) is 5.92 Å². The van der Waals surface area contributed by atoms with Crippen LogP contribution >= 0.6 is 0 Å². The van der Waals surface area contributed by atoms with Crippen molar-refractivity contribution in [3.05, 3.63) is 0 Å². The summed E-state index contributed by atoms with van der Waals surface area (Å²) < 4.78 is 9.97. The summed E-state index contributed by atoms with van der Waals surface area (Å²) in [5.74, 6) is -1.70. The number of carboxylic acids is 1. The standard InChI is InChI=1S/C11H20O5/c1-11(2,3)16-7-8(5-9(12)13)6-10(14)15-4/h8H,5-7H2,1-4H3,(H,12,13). The number of rotatable bonds is 6. The average Bonchev–Trinajstić information content (AvgIpc) is 2.12. The molecule has 94 valence electrons. The van der Waals surface area contributed by atoms with Gasteiger partial charge in [-0.15, -0.1) is 0 Å². The second-order valence-electron chi connectivity index (χ2n) is 4.67. The molecule has 0 aromatic heterocycles. The normalized spacial score (nSPS) is 13.2. The highest BCUT2D eigenvalue weighted by molar-refractivity contribution is 5.72. The zero-order chi connectivity index (χ0) is 12.8. The van der Waals surface area contributed by atoms with Gasteiger partial charge in [-0.2, -0.15) is 0 Å². The lowest BCUT2D eigenvalue weighted by atomic mass is 10.0. The monoisotopic (exact) mass is 232 g/mol. The van der Waals surface area contributed by atoms with E-state index in [1.807, 2.05) is 20.8 Å². The summed E-state index contributed by atoms with van der Waals surface area (Å²) in [6, 6.07) is 0. The lowest BCUT2D eigenvalue weighted by Gasteiger charge is -2.23. The summed E-state index contributed by atoms with van der Waals surface area (Å²) in [6.45, 7) is 5.87. The largest absolute Gasteiger partial charge is 0.481 e. The maximum atomic E-state index is 11.1. The number of aliphatic carboxylic acids is 1. The fourth-order valence-electron chi connectivity index (χ4n) is 1.12. The molecule has 0 spiro atoms. The van der Waals surface area contributed by atoms with Gasteiger partial charge in [-0.1, -0.05) is 0 Å². The predicted octanol–water partition coefficient (Wildman–Crippen LogP) is 1.46. The molecule has 1 N–H and O–H groups in total. The third-order valence-corrected chi connectivity index (χ3v) is 1.90. The van der Waals surface area contributed by atoms with E-state index in [4.69, 9.17) is 9.84 Å². The van der Waals surface area contributed by atoms with Gasteiger partial charge in [0.25, 0.3) is 0 Å². The van der Waals surface area contributed by atoms with Crippen LogP contribution in [0.25, 0.3) is 0 Å². The van der Waals surface area contributed by atoms with Crippen molar-refractivity contribution in [2.45, 2.75) is 39.2 Å². The predicted molar refractivity (Wildman–Crippen MR) is 58.1 cm³/mol. The molecule has 0 heterocycles. The Hall–Kier alpha value is -1.10. The first-order chi connectivity index (χ1) is 7.24. The minimum Gasteiger partial charge on any atom is -0.481 e. The van der Waals surface area contributed by atoms with Crippen LogP contribution in [0.2, 0.25) is 0 Å². The van der Waals surface area contributed by atoms with Crippen LogP contribution in [0.4, 0.5) is 0 Å². The summed E-state index contributed by atoms with van der Waals surface area (Å²) in [4.78, 5) is 21.7. The van der Waals surface area contributed by atoms with Crippen molar-refractivity contribution in [2.24, 2.45) is 5.92 Å². The van der Waals surface area contributed by atoms with Gasteiger partial charge < -0.3 is 14.6 Å². The van der Waals surface area contributed by atoms with Crippen molar-refractivity contribution in [1.29, 1.82) is 0 Å². The van der Waals surface area contributed by atoms with Gasteiger partial charge in [-0.3, -0.25) is 9.59 Å². The first-order valence-corrected chi connectivity index (χ1v) is 5.17. The fraction of sp³-hybridized carbons (Fsp3) is 0.818. The third-order valence-electron chi connectivity index (χ3n) is 1.90. The zero-order valence-corrected chi connectivity index (χ0v) is 10.3. The van der Waals surface area contributed by atoms with Gasteiger partial charge in [0.1, 0.15) is 0 Å². The molecule has 5 heteroatoms. The lowest BCUT2D eigenvalue weighted by Crippen LogP contribution is -2.26. The molecule has 5 nitrogen and oxygen atoms in total. The molecule has 0 amide bonds. The zero-order valence-electron chi connectivity index (χ0n) is 10.3. The van der Waals surface area contributed by atoms with Gasteiger partial charge in [-0.05, 0) is 20.8 Å². The van der Waals surface area contributed by atoms with E-state index in [1.54, 1.807) is 0 Å². The average molecular weight is 232 g/mol.